The standard InChI is InChI=1S/C3H7NO/c4-2-1-3(2)5/h2-3,5H,1,4H2/t2?,3-/m0/s1. The quantitative estimate of drug-likeness (QED) is 0.389. The highest BCUT2D eigenvalue weighted by atomic mass is 16.3. The lowest BCUT2D eigenvalue weighted by molar-refractivity contribution is 0.272. The van der Waals surface area contributed by atoms with E-state index >= 15 is 0 Å². The second-order valence-corrected chi connectivity index (χ2v) is 1.47. The van der Waals surface area contributed by atoms with Gasteiger partial charge in [0.15, 0.2) is 0 Å². The van der Waals surface area contributed by atoms with Gasteiger partial charge in [0.25, 0.3) is 0 Å². The lowest BCUT2D eigenvalue weighted by Gasteiger charge is -1.70. The van der Waals surface area contributed by atoms with E-state index in [1.54, 1.807) is 0 Å². The molecule has 0 aromatic rings. The van der Waals surface area contributed by atoms with Crippen LogP contribution in [-0.4, -0.2) is 17.3 Å². The smallest absolute Gasteiger partial charge is 0.0707 e. The van der Waals surface area contributed by atoms with Gasteiger partial charge in [0.2, 0.25) is 0 Å². The van der Waals surface area contributed by atoms with Crippen molar-refractivity contribution in [3.8, 4) is 0 Å². The van der Waals surface area contributed by atoms with Crippen molar-refractivity contribution < 1.29 is 5.11 Å². The first-order chi connectivity index (χ1) is 2.30. The third kappa shape index (κ3) is 0.412. The Kier molecular flexibility index (Phi) is 0.436. The van der Waals surface area contributed by atoms with E-state index in [0.29, 0.717) is 0 Å². The monoisotopic (exact) mass is 73.1 g/mol. The summed E-state index contributed by atoms with van der Waals surface area (Å²) in [5, 5.41) is 8.31. The maximum atomic E-state index is 8.31. The molecule has 1 fully saturated rings. The van der Waals surface area contributed by atoms with Crippen LogP contribution in [0.1, 0.15) is 6.42 Å². The van der Waals surface area contributed by atoms with Crippen molar-refractivity contribution in [2.75, 3.05) is 0 Å². The number of hydrogen-bond acceptors (Lipinski definition) is 2. The van der Waals surface area contributed by atoms with Crippen molar-refractivity contribution in [1.82, 2.24) is 0 Å². The lowest BCUT2D eigenvalue weighted by Crippen LogP contribution is -2.03. The highest BCUT2D eigenvalue weighted by Crippen LogP contribution is 2.15. The molecule has 1 aliphatic rings. The van der Waals surface area contributed by atoms with Crippen LogP contribution in [0.25, 0.3) is 0 Å². The van der Waals surface area contributed by atoms with E-state index in [1.165, 1.54) is 0 Å². The maximum Gasteiger partial charge on any atom is 0.0707 e. The van der Waals surface area contributed by atoms with Crippen LogP contribution in [0.3, 0.4) is 0 Å². The fraction of sp³-hybridized carbons (Fsp3) is 1.00. The van der Waals surface area contributed by atoms with Crippen LogP contribution in [0.15, 0.2) is 0 Å². The summed E-state index contributed by atoms with van der Waals surface area (Å²) in [7, 11) is 0. The van der Waals surface area contributed by atoms with Gasteiger partial charge in [0.05, 0.1) is 6.10 Å². The minimum Gasteiger partial charge on any atom is -0.391 e. The summed E-state index contributed by atoms with van der Waals surface area (Å²) in [6, 6.07) is 0.106. The third-order valence-electron chi connectivity index (χ3n) is 0.805. The Bertz CT molecular complexity index is 40.2. The molecule has 1 unspecified atom stereocenters. The van der Waals surface area contributed by atoms with Crippen molar-refractivity contribution in [1.29, 1.82) is 0 Å². The summed E-state index contributed by atoms with van der Waals surface area (Å²) in [6.07, 6.45) is 0.634. The number of rotatable bonds is 0. The Morgan fingerprint density at radius 3 is 2.00 bits per heavy atom. The molecule has 0 saturated heterocycles. The van der Waals surface area contributed by atoms with Gasteiger partial charge in [-0.3, -0.25) is 0 Å². The summed E-state index contributed by atoms with van der Waals surface area (Å²) in [6.45, 7) is 0. The molecule has 2 atom stereocenters. The highest BCUT2D eigenvalue weighted by Gasteiger charge is 2.30. The molecule has 1 rings (SSSR count). The number of hydrogen-bond donors (Lipinski definition) is 2. The van der Waals surface area contributed by atoms with Crippen LogP contribution < -0.4 is 5.73 Å². The van der Waals surface area contributed by atoms with E-state index in [4.69, 9.17) is 10.8 Å². The zero-order valence-electron chi connectivity index (χ0n) is 2.89. The van der Waals surface area contributed by atoms with Crippen LogP contribution in [0.5, 0.6) is 0 Å². The van der Waals surface area contributed by atoms with E-state index in [9.17, 15) is 0 Å². The van der Waals surface area contributed by atoms with E-state index in [-0.39, 0.29) is 12.1 Å². The molecule has 0 bridgehead atoms. The average Bonchev–Trinajstić information content (AvgIpc) is 1.79. The Balaban J connectivity index is 2.20. The van der Waals surface area contributed by atoms with Crippen molar-refractivity contribution in [2.45, 2.75) is 18.6 Å². The molecule has 0 aromatic carbocycles. The van der Waals surface area contributed by atoms with Gasteiger partial charge < -0.3 is 10.8 Å². The molecule has 0 radical (unpaired) electrons. The normalized spacial score (nSPS) is 49.2. The summed E-state index contributed by atoms with van der Waals surface area (Å²) >= 11 is 0. The van der Waals surface area contributed by atoms with Crippen molar-refractivity contribution in [3.63, 3.8) is 0 Å². The van der Waals surface area contributed by atoms with Gasteiger partial charge in [-0.1, -0.05) is 0 Å². The number of aliphatic hydroxyl groups excluding tert-OH is 1. The predicted octanol–water partition coefficient (Wildman–Crippen LogP) is -0.922. The molecule has 0 spiro atoms. The van der Waals surface area contributed by atoms with Crippen LogP contribution in [0.2, 0.25) is 0 Å². The Morgan fingerprint density at radius 1 is 1.80 bits per heavy atom. The Labute approximate surface area is 30.6 Å². The van der Waals surface area contributed by atoms with E-state index in [2.05, 4.69) is 0 Å². The summed E-state index contributed by atoms with van der Waals surface area (Å²) < 4.78 is 0. The first-order valence-electron chi connectivity index (χ1n) is 1.74. The molecular weight excluding hydrogens is 66.0 g/mol. The van der Waals surface area contributed by atoms with Gasteiger partial charge >= 0.3 is 0 Å². The van der Waals surface area contributed by atoms with Gasteiger partial charge in [0, 0.05) is 6.04 Å². The molecule has 2 nitrogen and oxygen atoms in total. The van der Waals surface area contributed by atoms with Crippen molar-refractivity contribution in [2.24, 2.45) is 5.73 Å². The van der Waals surface area contributed by atoms with E-state index in [1.807, 2.05) is 0 Å². The largest absolute Gasteiger partial charge is 0.391 e. The molecule has 0 amide bonds. The minimum atomic E-state index is -0.171. The zero-order chi connectivity index (χ0) is 3.86. The Morgan fingerprint density at radius 2 is 2.00 bits per heavy atom. The van der Waals surface area contributed by atoms with Crippen LogP contribution in [0.4, 0.5) is 0 Å². The first-order valence-corrected chi connectivity index (χ1v) is 1.74. The SMILES string of the molecule is NC1C[C@@H]1O. The maximum absolute atomic E-state index is 8.31. The molecular formula is C3H7NO. The molecule has 2 heteroatoms. The minimum absolute atomic E-state index is 0.106. The van der Waals surface area contributed by atoms with Crippen molar-refractivity contribution >= 4 is 0 Å². The van der Waals surface area contributed by atoms with Crippen LogP contribution in [0, 0.1) is 0 Å². The molecule has 1 aliphatic carbocycles. The topological polar surface area (TPSA) is 46.2 Å². The molecule has 0 aliphatic heterocycles. The van der Waals surface area contributed by atoms with Gasteiger partial charge in [0.1, 0.15) is 0 Å². The number of aliphatic hydroxyl groups is 1. The zero-order valence-corrected chi connectivity index (χ0v) is 2.89. The molecule has 3 N–H and O–H groups in total. The molecule has 1 saturated carbocycles. The third-order valence-corrected chi connectivity index (χ3v) is 0.805. The van der Waals surface area contributed by atoms with Gasteiger partial charge in [-0.25, -0.2) is 0 Å². The van der Waals surface area contributed by atoms with E-state index in [0.717, 1.165) is 6.42 Å². The van der Waals surface area contributed by atoms with Gasteiger partial charge in [-0.05, 0) is 6.42 Å². The Hall–Kier alpha value is -0.0800. The van der Waals surface area contributed by atoms with Crippen LogP contribution >= 0.6 is 0 Å². The summed E-state index contributed by atoms with van der Waals surface area (Å²) in [4.78, 5) is 0. The van der Waals surface area contributed by atoms with E-state index < -0.39 is 0 Å². The first kappa shape index (κ1) is 3.12. The molecule has 30 valence electrons. The second kappa shape index (κ2) is 0.698. The van der Waals surface area contributed by atoms with Gasteiger partial charge in [-0.15, -0.1) is 0 Å². The summed E-state index contributed by atoms with van der Waals surface area (Å²) in [5.41, 5.74) is 5.12. The molecule has 0 heterocycles. The molecule has 0 aromatic heterocycles. The summed E-state index contributed by atoms with van der Waals surface area (Å²) in [5.74, 6) is 0. The second-order valence-electron chi connectivity index (χ2n) is 1.47. The molecule has 5 heavy (non-hydrogen) atoms. The van der Waals surface area contributed by atoms with Crippen LogP contribution in [-0.2, 0) is 0 Å². The number of nitrogens with two attached hydrogens (primary N) is 1. The van der Waals surface area contributed by atoms with Gasteiger partial charge in [-0.2, -0.15) is 0 Å². The van der Waals surface area contributed by atoms with Crippen molar-refractivity contribution in [3.05, 3.63) is 0 Å². The fourth-order valence-electron chi connectivity index (χ4n) is 0.200. The highest BCUT2D eigenvalue weighted by molar-refractivity contribution is 4.89. The predicted molar refractivity (Wildman–Crippen MR) is 18.6 cm³/mol. The lowest BCUT2D eigenvalue weighted by atomic mass is 10.8. The fourth-order valence-corrected chi connectivity index (χ4v) is 0.200. The average molecular weight is 73.1 g/mol.